The summed E-state index contributed by atoms with van der Waals surface area (Å²) in [6.07, 6.45) is 0. The van der Waals surface area contributed by atoms with E-state index < -0.39 is 0 Å². The molecule has 0 bridgehead atoms. The van der Waals surface area contributed by atoms with Gasteiger partial charge in [0.1, 0.15) is 0 Å². The minimum Gasteiger partial charge on any atom is -1.00 e. The van der Waals surface area contributed by atoms with E-state index in [1.165, 1.54) is 0 Å². The van der Waals surface area contributed by atoms with Gasteiger partial charge >= 0.3 is 236 Å². The summed E-state index contributed by atoms with van der Waals surface area (Å²) >= 11 is 0. The van der Waals surface area contributed by atoms with Crippen LogP contribution in [0, 0.1) is 0 Å². The fourth-order valence-corrected chi connectivity index (χ4v) is 0. The van der Waals surface area contributed by atoms with Gasteiger partial charge in [0.25, 0.3) is 0 Å². The first-order valence-corrected chi connectivity index (χ1v) is 0. The third-order valence-electron chi connectivity index (χ3n) is 0. The number of hydrogen-bond donors (Lipinski definition) is 0. The molecule has 0 saturated heterocycles. The Labute approximate surface area is 267 Å². The Hall–Kier alpha value is 7.44. The van der Waals surface area contributed by atoms with Crippen LogP contribution in [-0.4, -0.2) is 0 Å². The summed E-state index contributed by atoms with van der Waals surface area (Å²) in [5.74, 6) is 0. The van der Waals surface area contributed by atoms with E-state index in [2.05, 4.69) is 0 Å². The van der Waals surface area contributed by atoms with Gasteiger partial charge in [-0.2, -0.15) is 0 Å². The predicted molar refractivity (Wildman–Crippen MR) is 0 cm³/mol. The molecule has 0 unspecified atom stereocenters. The maximum Gasteiger partial charge on any atom is 1.00 e. The van der Waals surface area contributed by atoms with Crippen molar-refractivity contribution >= 4 is 0 Å². The summed E-state index contributed by atoms with van der Waals surface area (Å²) < 4.78 is 0. The van der Waals surface area contributed by atoms with E-state index >= 15 is 0 Å². The Morgan fingerprint density at radius 1 is 0.125 bits per heavy atom. The minimum absolute atomic E-state index is 0. The van der Waals surface area contributed by atoms with Crippen molar-refractivity contribution in [1.82, 2.24) is 0 Å². The molecule has 0 radical (unpaired) electrons. The topological polar surface area (TPSA) is 0 Å². The van der Waals surface area contributed by atoms with E-state index in [0.29, 0.717) is 0 Å². The van der Waals surface area contributed by atoms with Crippen LogP contribution >= 0.6 is 0 Å². The molecule has 0 aliphatic rings. The van der Waals surface area contributed by atoms with Gasteiger partial charge in [0.15, 0.2) is 0 Å². The van der Waals surface area contributed by atoms with E-state index in [1.807, 2.05) is 0 Å². The van der Waals surface area contributed by atoms with Gasteiger partial charge < -0.3 is 37.6 Å². The Bertz CT molecular complexity index is 16.0. The molecule has 0 rings (SSSR count). The van der Waals surface area contributed by atoms with Crippen molar-refractivity contribution in [3.05, 3.63) is 0 Å². The van der Waals surface area contributed by atoms with Crippen molar-refractivity contribution in [2.24, 2.45) is 0 Å². The van der Waals surface area contributed by atoms with Crippen LogP contribution in [-0.2, 0) is 0 Å². The molecule has 0 heterocycles. The van der Waals surface area contributed by atoms with Crippen LogP contribution in [0.2, 0.25) is 0 Å². The van der Waals surface area contributed by atoms with E-state index in [1.54, 1.807) is 0 Å². The molecule has 0 aliphatic heterocycles. The van der Waals surface area contributed by atoms with Crippen LogP contribution in [0.5, 0.6) is 0 Å². The summed E-state index contributed by atoms with van der Waals surface area (Å²) in [4.78, 5) is 0. The largest absolute Gasteiger partial charge is 1.00 e. The summed E-state index contributed by atoms with van der Waals surface area (Å²) in [6.45, 7) is 0. The molecule has 0 saturated carbocycles. The molecule has 64 valence electrons. The standard InChI is InChI=1S/8FH.8Na/h8*1H;;;;;;;;/q;;;;;;;;8*+1/p-8. The van der Waals surface area contributed by atoms with Crippen LogP contribution in [0.4, 0.5) is 0 Å². The molecule has 0 nitrogen and oxygen atoms in total. The number of rotatable bonds is 0. The summed E-state index contributed by atoms with van der Waals surface area (Å²) in [5.41, 5.74) is 0. The molecule has 0 amide bonds. The second kappa shape index (κ2) is 186. The van der Waals surface area contributed by atoms with Gasteiger partial charge in [-0.25, -0.2) is 0 Å². The van der Waals surface area contributed by atoms with E-state index in [0.717, 1.165) is 0 Å². The average Bonchev–Trinajstić information content (AvgIpc) is 0. The second-order valence-electron chi connectivity index (χ2n) is 0. The molecule has 0 aromatic carbocycles. The van der Waals surface area contributed by atoms with Gasteiger partial charge in [-0.15, -0.1) is 0 Å². The van der Waals surface area contributed by atoms with Crippen LogP contribution in [0.1, 0.15) is 0 Å². The van der Waals surface area contributed by atoms with E-state index in [-0.39, 0.29) is 274 Å². The van der Waals surface area contributed by atoms with Crippen LogP contribution in [0.15, 0.2) is 0 Å². The van der Waals surface area contributed by atoms with Gasteiger partial charge in [0.2, 0.25) is 0 Å². The molecule has 16 heteroatoms. The van der Waals surface area contributed by atoms with Gasteiger partial charge in [-0.1, -0.05) is 0 Å². The van der Waals surface area contributed by atoms with E-state index in [9.17, 15) is 0 Å². The minimum atomic E-state index is 0. The van der Waals surface area contributed by atoms with Crippen molar-refractivity contribution in [3.63, 3.8) is 0 Å². The number of halogens is 8. The third-order valence-corrected chi connectivity index (χ3v) is 0. The molecule has 0 atom stereocenters. The Morgan fingerprint density at radius 2 is 0.125 bits per heavy atom. The smallest absolute Gasteiger partial charge is 1.00 e. The summed E-state index contributed by atoms with van der Waals surface area (Å²) in [5, 5.41) is 0. The predicted octanol–water partition coefficient (Wildman–Crippen LogP) is -47.9. The molecule has 0 aromatic rings. The van der Waals surface area contributed by atoms with Crippen molar-refractivity contribution in [2.45, 2.75) is 0 Å². The monoisotopic (exact) mass is 336 g/mol. The first-order valence-electron chi connectivity index (χ1n) is 0. The fraction of sp³-hybridized carbons (Fsp3) is 0. The quantitative estimate of drug-likeness (QED) is 0.305. The molecular formula is F8Na8. The third kappa shape index (κ3) is 162. The van der Waals surface area contributed by atoms with Crippen molar-refractivity contribution < 1.29 is 274 Å². The zero-order valence-corrected chi connectivity index (χ0v) is 27.0. The summed E-state index contributed by atoms with van der Waals surface area (Å²) in [7, 11) is 0. The van der Waals surface area contributed by atoms with Crippen molar-refractivity contribution in [3.8, 4) is 0 Å². The average molecular weight is 336 g/mol. The maximum atomic E-state index is 0. The zero-order chi connectivity index (χ0) is 0. The molecule has 0 spiro atoms. The molecule has 0 aromatic heterocycles. The zero-order valence-electron chi connectivity index (χ0n) is 11.0. The second-order valence-corrected chi connectivity index (χ2v) is 0. The molecular weight excluding hydrogens is 336 g/mol. The van der Waals surface area contributed by atoms with Gasteiger partial charge in [-0.3, -0.25) is 0 Å². The first kappa shape index (κ1) is 213. The van der Waals surface area contributed by atoms with Crippen LogP contribution in [0.3, 0.4) is 0 Å². The van der Waals surface area contributed by atoms with Crippen LogP contribution < -0.4 is 274 Å². The molecule has 0 fully saturated rings. The van der Waals surface area contributed by atoms with Gasteiger partial charge in [-0.05, 0) is 0 Å². The summed E-state index contributed by atoms with van der Waals surface area (Å²) in [6, 6.07) is 0. The molecule has 0 N–H and O–H groups in total. The SMILES string of the molecule is [F-].[F-].[F-].[F-].[F-].[F-].[F-].[F-].[Na+].[Na+].[Na+].[Na+].[Na+].[Na+].[Na+].[Na+]. The fourth-order valence-electron chi connectivity index (χ4n) is 0. The van der Waals surface area contributed by atoms with Gasteiger partial charge in [0.05, 0.1) is 0 Å². The van der Waals surface area contributed by atoms with Gasteiger partial charge in [0, 0.05) is 0 Å². The number of hydrogen-bond acceptors (Lipinski definition) is 0. The van der Waals surface area contributed by atoms with Crippen molar-refractivity contribution in [1.29, 1.82) is 0 Å². The Balaban J connectivity index is 0. The van der Waals surface area contributed by atoms with Crippen LogP contribution in [0.25, 0.3) is 0 Å². The first-order chi connectivity index (χ1) is 0. The molecule has 16 heavy (non-hydrogen) atoms. The maximum absolute atomic E-state index is 0. The Morgan fingerprint density at radius 3 is 0.125 bits per heavy atom. The van der Waals surface area contributed by atoms with E-state index in [4.69, 9.17) is 0 Å². The molecule has 0 aliphatic carbocycles. The normalized spacial score (nSPS) is 0. The van der Waals surface area contributed by atoms with Crippen molar-refractivity contribution in [2.75, 3.05) is 0 Å². The Kier molecular flexibility index (Phi) is 2480.